The lowest BCUT2D eigenvalue weighted by atomic mass is 10.2. The second-order valence-electron chi connectivity index (χ2n) is 2.64. The molecule has 1 aromatic carbocycles. The third-order valence-electron chi connectivity index (χ3n) is 1.58. The first-order chi connectivity index (χ1) is 7.33. The van der Waals surface area contributed by atoms with Gasteiger partial charge >= 0.3 is 0 Å². The molecule has 2 nitrogen and oxygen atoms in total. The van der Waals surface area contributed by atoms with Crippen LogP contribution in [0.3, 0.4) is 0 Å². The number of benzene rings is 1. The van der Waals surface area contributed by atoms with Crippen LogP contribution in [0.2, 0.25) is 0 Å². The molecule has 0 aromatic heterocycles. The molecule has 1 rings (SSSR count). The van der Waals surface area contributed by atoms with E-state index in [4.69, 9.17) is 0 Å². The van der Waals surface area contributed by atoms with Gasteiger partial charge in [0.2, 0.25) is 5.91 Å². The van der Waals surface area contributed by atoms with Crippen molar-refractivity contribution < 1.29 is 4.79 Å². The molecule has 1 aromatic rings. The van der Waals surface area contributed by atoms with Crippen molar-refractivity contribution in [1.82, 2.24) is 5.32 Å². The number of carbonyl (C=O) groups is 1. The standard InChI is InChI=1S/C11H13NO.C2H6/c1-2-12-11(13)9-8-10-6-4-3-5-7-10;1-2/h3-9H,2H2,1H3,(H,12,13);1-2H3/b9-8+;. The number of carbonyl (C=O) groups excluding carboxylic acids is 1. The van der Waals surface area contributed by atoms with Crippen molar-refractivity contribution >= 4 is 12.0 Å². The molecule has 0 bridgehead atoms. The van der Waals surface area contributed by atoms with E-state index in [1.165, 1.54) is 0 Å². The van der Waals surface area contributed by atoms with Gasteiger partial charge in [-0.3, -0.25) is 4.79 Å². The number of hydrogen-bond donors (Lipinski definition) is 1. The van der Waals surface area contributed by atoms with Crippen LogP contribution in [0.1, 0.15) is 26.3 Å². The van der Waals surface area contributed by atoms with Crippen LogP contribution >= 0.6 is 0 Å². The van der Waals surface area contributed by atoms with E-state index in [-0.39, 0.29) is 5.91 Å². The molecule has 0 aliphatic rings. The van der Waals surface area contributed by atoms with Crippen molar-refractivity contribution in [3.05, 3.63) is 42.0 Å². The Morgan fingerprint density at radius 3 is 2.40 bits per heavy atom. The maximum Gasteiger partial charge on any atom is 0.243 e. The summed E-state index contributed by atoms with van der Waals surface area (Å²) in [7, 11) is 0. The lowest BCUT2D eigenvalue weighted by Gasteiger charge is -1.94. The second-order valence-corrected chi connectivity index (χ2v) is 2.64. The number of rotatable bonds is 3. The molecular weight excluding hydrogens is 186 g/mol. The van der Waals surface area contributed by atoms with Gasteiger partial charge in [-0.2, -0.15) is 0 Å². The minimum absolute atomic E-state index is 0.0497. The van der Waals surface area contributed by atoms with Crippen molar-refractivity contribution in [2.75, 3.05) is 6.54 Å². The van der Waals surface area contributed by atoms with Gasteiger partial charge < -0.3 is 5.32 Å². The summed E-state index contributed by atoms with van der Waals surface area (Å²) in [5, 5.41) is 2.69. The molecule has 2 heteroatoms. The quantitative estimate of drug-likeness (QED) is 0.755. The van der Waals surface area contributed by atoms with Crippen molar-refractivity contribution in [1.29, 1.82) is 0 Å². The van der Waals surface area contributed by atoms with E-state index in [2.05, 4.69) is 5.32 Å². The molecule has 82 valence electrons. The fourth-order valence-corrected chi connectivity index (χ4v) is 0.969. The lowest BCUT2D eigenvalue weighted by Crippen LogP contribution is -2.19. The monoisotopic (exact) mass is 205 g/mol. The van der Waals surface area contributed by atoms with Gasteiger partial charge in [0, 0.05) is 12.6 Å². The lowest BCUT2D eigenvalue weighted by molar-refractivity contribution is -0.116. The Kier molecular flexibility index (Phi) is 8.06. The maximum absolute atomic E-state index is 11.0. The summed E-state index contributed by atoms with van der Waals surface area (Å²) in [5.41, 5.74) is 1.04. The molecular formula is C13H19NO. The SMILES string of the molecule is CC.CCNC(=O)/C=C/c1ccccc1. The second kappa shape index (κ2) is 9.00. The van der Waals surface area contributed by atoms with Crippen LogP contribution in [0.25, 0.3) is 6.08 Å². The van der Waals surface area contributed by atoms with Gasteiger partial charge in [-0.25, -0.2) is 0 Å². The van der Waals surface area contributed by atoms with Crippen LogP contribution in [0, 0.1) is 0 Å². The normalized spacial score (nSPS) is 9.27. The van der Waals surface area contributed by atoms with Crippen LogP contribution in [0.15, 0.2) is 36.4 Å². The summed E-state index contributed by atoms with van der Waals surface area (Å²) in [4.78, 5) is 11.0. The first-order valence-corrected chi connectivity index (χ1v) is 5.34. The van der Waals surface area contributed by atoms with Crippen LogP contribution < -0.4 is 5.32 Å². The van der Waals surface area contributed by atoms with E-state index in [9.17, 15) is 4.79 Å². The van der Waals surface area contributed by atoms with Crippen molar-refractivity contribution in [2.45, 2.75) is 20.8 Å². The minimum Gasteiger partial charge on any atom is -0.353 e. The fourth-order valence-electron chi connectivity index (χ4n) is 0.969. The molecule has 0 aliphatic heterocycles. The van der Waals surface area contributed by atoms with E-state index < -0.39 is 0 Å². The van der Waals surface area contributed by atoms with Crippen LogP contribution in [0.5, 0.6) is 0 Å². The number of nitrogens with one attached hydrogen (secondary N) is 1. The van der Waals surface area contributed by atoms with E-state index in [0.29, 0.717) is 6.54 Å². The summed E-state index contributed by atoms with van der Waals surface area (Å²) in [6.45, 7) is 6.56. The van der Waals surface area contributed by atoms with Crippen LogP contribution in [-0.2, 0) is 4.79 Å². The molecule has 0 heterocycles. The van der Waals surface area contributed by atoms with Crippen LogP contribution in [-0.4, -0.2) is 12.5 Å². The first kappa shape index (κ1) is 13.4. The van der Waals surface area contributed by atoms with Gasteiger partial charge in [0.15, 0.2) is 0 Å². The van der Waals surface area contributed by atoms with Gasteiger partial charge in [0.05, 0.1) is 0 Å². The number of hydrogen-bond acceptors (Lipinski definition) is 1. The summed E-state index contributed by atoms with van der Waals surface area (Å²) >= 11 is 0. The maximum atomic E-state index is 11.0. The molecule has 1 N–H and O–H groups in total. The van der Waals surface area contributed by atoms with Gasteiger partial charge in [0.1, 0.15) is 0 Å². The average Bonchev–Trinajstić information content (AvgIpc) is 2.31. The molecule has 0 unspecified atom stereocenters. The Morgan fingerprint density at radius 2 is 1.87 bits per heavy atom. The Balaban J connectivity index is 0.000000921. The third kappa shape index (κ3) is 6.49. The van der Waals surface area contributed by atoms with Crippen LogP contribution in [0.4, 0.5) is 0 Å². The largest absolute Gasteiger partial charge is 0.353 e. The van der Waals surface area contributed by atoms with Gasteiger partial charge in [-0.15, -0.1) is 0 Å². The average molecular weight is 205 g/mol. The molecule has 1 amide bonds. The van der Waals surface area contributed by atoms with Gasteiger partial charge in [-0.05, 0) is 18.6 Å². The highest BCUT2D eigenvalue weighted by molar-refractivity contribution is 5.91. The van der Waals surface area contributed by atoms with E-state index in [1.54, 1.807) is 12.2 Å². The first-order valence-electron chi connectivity index (χ1n) is 5.34. The zero-order valence-corrected chi connectivity index (χ0v) is 9.66. The minimum atomic E-state index is -0.0497. The fraction of sp³-hybridized carbons (Fsp3) is 0.308. The predicted octanol–water partition coefficient (Wildman–Crippen LogP) is 2.86. The van der Waals surface area contributed by atoms with Gasteiger partial charge in [-0.1, -0.05) is 44.2 Å². The molecule has 0 fully saturated rings. The Bertz CT molecular complexity index is 291. The molecule has 0 atom stereocenters. The summed E-state index contributed by atoms with van der Waals surface area (Å²) in [5.74, 6) is -0.0497. The molecule has 0 radical (unpaired) electrons. The Hall–Kier alpha value is -1.57. The Morgan fingerprint density at radius 1 is 1.27 bits per heavy atom. The number of likely N-dealkylation sites (N-methyl/N-ethyl adjacent to an activating group) is 1. The van der Waals surface area contributed by atoms with Crippen molar-refractivity contribution in [3.8, 4) is 0 Å². The van der Waals surface area contributed by atoms with E-state index in [1.807, 2.05) is 51.1 Å². The van der Waals surface area contributed by atoms with E-state index >= 15 is 0 Å². The molecule has 0 saturated carbocycles. The topological polar surface area (TPSA) is 29.1 Å². The Labute approximate surface area is 92.0 Å². The summed E-state index contributed by atoms with van der Waals surface area (Å²) in [6, 6.07) is 9.74. The summed E-state index contributed by atoms with van der Waals surface area (Å²) < 4.78 is 0. The zero-order chi connectivity index (χ0) is 11.5. The van der Waals surface area contributed by atoms with Crippen molar-refractivity contribution in [3.63, 3.8) is 0 Å². The summed E-state index contributed by atoms with van der Waals surface area (Å²) in [6.07, 6.45) is 3.34. The molecule has 15 heavy (non-hydrogen) atoms. The predicted molar refractivity (Wildman–Crippen MR) is 65.5 cm³/mol. The molecule has 0 saturated heterocycles. The van der Waals surface area contributed by atoms with E-state index in [0.717, 1.165) is 5.56 Å². The highest BCUT2D eigenvalue weighted by Crippen LogP contribution is 2.00. The van der Waals surface area contributed by atoms with Gasteiger partial charge in [0.25, 0.3) is 0 Å². The smallest absolute Gasteiger partial charge is 0.243 e. The highest BCUT2D eigenvalue weighted by atomic mass is 16.1. The highest BCUT2D eigenvalue weighted by Gasteiger charge is 1.90. The molecule has 0 aliphatic carbocycles. The number of amides is 1. The van der Waals surface area contributed by atoms with Crippen molar-refractivity contribution in [2.24, 2.45) is 0 Å². The zero-order valence-electron chi connectivity index (χ0n) is 9.66. The third-order valence-corrected chi connectivity index (χ3v) is 1.58. The molecule has 0 spiro atoms.